The van der Waals surface area contributed by atoms with Gasteiger partial charge in [-0.2, -0.15) is 0 Å². The van der Waals surface area contributed by atoms with E-state index >= 15 is 0 Å². The average molecular weight is 232 g/mol. The van der Waals surface area contributed by atoms with Gasteiger partial charge in [-0.05, 0) is 0 Å². The SMILES string of the molecule is O=c1cc(O)c2scnc2n1CC(F)F. The van der Waals surface area contributed by atoms with Crippen molar-refractivity contribution >= 4 is 21.7 Å². The minimum Gasteiger partial charge on any atom is -0.506 e. The highest BCUT2D eigenvalue weighted by Gasteiger charge is 2.13. The molecule has 2 rings (SSSR count). The molecular formula is C8H6F2N2O2S. The molecule has 0 aliphatic heterocycles. The van der Waals surface area contributed by atoms with Crippen molar-refractivity contribution in [3.8, 4) is 5.75 Å². The summed E-state index contributed by atoms with van der Waals surface area (Å²) in [5.74, 6) is -0.219. The molecule has 4 nitrogen and oxygen atoms in total. The second-order valence-electron chi connectivity index (χ2n) is 2.87. The van der Waals surface area contributed by atoms with E-state index in [0.717, 1.165) is 22.0 Å². The summed E-state index contributed by atoms with van der Waals surface area (Å²) in [7, 11) is 0. The normalized spacial score (nSPS) is 11.4. The third kappa shape index (κ3) is 1.70. The van der Waals surface area contributed by atoms with Crippen molar-refractivity contribution in [2.45, 2.75) is 13.0 Å². The Morgan fingerprint density at radius 3 is 3.00 bits per heavy atom. The van der Waals surface area contributed by atoms with E-state index in [1.165, 1.54) is 5.51 Å². The first-order valence-corrected chi connectivity index (χ1v) is 4.91. The number of alkyl halides is 2. The van der Waals surface area contributed by atoms with Crippen LogP contribution in [0.15, 0.2) is 16.4 Å². The van der Waals surface area contributed by atoms with Crippen molar-refractivity contribution in [2.75, 3.05) is 0 Å². The lowest BCUT2D eigenvalue weighted by Gasteiger charge is -2.05. The van der Waals surface area contributed by atoms with E-state index in [0.29, 0.717) is 4.70 Å². The van der Waals surface area contributed by atoms with Gasteiger partial charge >= 0.3 is 0 Å². The van der Waals surface area contributed by atoms with Crippen LogP contribution in [0.3, 0.4) is 0 Å². The number of aromatic hydroxyl groups is 1. The van der Waals surface area contributed by atoms with Crippen LogP contribution in [0.25, 0.3) is 10.3 Å². The molecule has 0 amide bonds. The number of fused-ring (bicyclic) bond motifs is 1. The Hall–Kier alpha value is -1.50. The molecule has 7 heteroatoms. The van der Waals surface area contributed by atoms with Crippen molar-refractivity contribution in [1.82, 2.24) is 9.55 Å². The summed E-state index contributed by atoms with van der Waals surface area (Å²) in [6.45, 7) is -0.709. The molecule has 0 bridgehead atoms. The maximum absolute atomic E-state index is 12.2. The highest BCUT2D eigenvalue weighted by molar-refractivity contribution is 7.17. The van der Waals surface area contributed by atoms with Crippen LogP contribution < -0.4 is 5.56 Å². The molecule has 0 aromatic carbocycles. The topological polar surface area (TPSA) is 55.1 Å². The number of thiazole rings is 1. The fraction of sp³-hybridized carbons (Fsp3) is 0.250. The summed E-state index contributed by atoms with van der Waals surface area (Å²) in [4.78, 5) is 15.1. The lowest BCUT2D eigenvalue weighted by atomic mass is 10.4. The zero-order valence-corrected chi connectivity index (χ0v) is 8.17. The molecule has 0 atom stereocenters. The molecule has 0 aliphatic carbocycles. The standard InChI is InChI=1S/C8H6F2N2O2S/c9-5(10)2-12-6(14)1-4(13)7-8(12)11-3-15-7/h1,3,5,13H,2H2. The fourth-order valence-corrected chi connectivity index (χ4v) is 1.99. The summed E-state index contributed by atoms with van der Waals surface area (Å²) >= 11 is 1.10. The molecular weight excluding hydrogens is 226 g/mol. The molecule has 15 heavy (non-hydrogen) atoms. The number of hydrogen-bond acceptors (Lipinski definition) is 4. The highest BCUT2D eigenvalue weighted by Crippen LogP contribution is 2.25. The molecule has 0 unspecified atom stereocenters. The Bertz CT molecular complexity index is 549. The van der Waals surface area contributed by atoms with Gasteiger partial charge in [0.15, 0.2) is 5.65 Å². The van der Waals surface area contributed by atoms with Crippen molar-refractivity contribution in [2.24, 2.45) is 0 Å². The number of aromatic nitrogens is 2. The van der Waals surface area contributed by atoms with E-state index < -0.39 is 18.5 Å². The Morgan fingerprint density at radius 2 is 2.33 bits per heavy atom. The zero-order chi connectivity index (χ0) is 11.0. The summed E-state index contributed by atoms with van der Waals surface area (Å²) in [5, 5.41) is 9.37. The van der Waals surface area contributed by atoms with Gasteiger partial charge in [-0.1, -0.05) is 0 Å². The van der Waals surface area contributed by atoms with Crippen LogP contribution in [0.2, 0.25) is 0 Å². The predicted molar refractivity (Wildman–Crippen MR) is 51.5 cm³/mol. The summed E-state index contributed by atoms with van der Waals surface area (Å²) in [6, 6.07) is 0.920. The van der Waals surface area contributed by atoms with Gasteiger partial charge in [-0.3, -0.25) is 9.36 Å². The largest absolute Gasteiger partial charge is 0.506 e. The van der Waals surface area contributed by atoms with Gasteiger partial charge in [0.25, 0.3) is 12.0 Å². The molecule has 1 N–H and O–H groups in total. The van der Waals surface area contributed by atoms with E-state index in [-0.39, 0.29) is 11.4 Å². The van der Waals surface area contributed by atoms with Gasteiger partial charge in [0.2, 0.25) is 0 Å². The first-order valence-electron chi connectivity index (χ1n) is 4.03. The molecule has 0 aliphatic rings. The van der Waals surface area contributed by atoms with Gasteiger partial charge < -0.3 is 5.11 Å². The van der Waals surface area contributed by atoms with Gasteiger partial charge in [-0.15, -0.1) is 11.3 Å². The van der Waals surface area contributed by atoms with Gasteiger partial charge in [0.1, 0.15) is 10.4 Å². The smallest absolute Gasteiger partial charge is 0.256 e. The van der Waals surface area contributed by atoms with Crippen molar-refractivity contribution in [3.05, 3.63) is 21.9 Å². The Morgan fingerprint density at radius 1 is 1.60 bits per heavy atom. The third-order valence-corrected chi connectivity index (χ3v) is 2.72. The Labute approximate surface area is 86.4 Å². The lowest BCUT2D eigenvalue weighted by Crippen LogP contribution is -2.22. The fourth-order valence-electron chi connectivity index (χ4n) is 1.29. The van der Waals surface area contributed by atoms with E-state index in [4.69, 9.17) is 0 Å². The van der Waals surface area contributed by atoms with Gasteiger partial charge in [0, 0.05) is 6.07 Å². The first-order chi connectivity index (χ1) is 7.09. The zero-order valence-electron chi connectivity index (χ0n) is 7.35. The van der Waals surface area contributed by atoms with Crippen LogP contribution in [0, 0.1) is 0 Å². The van der Waals surface area contributed by atoms with E-state index in [2.05, 4.69) is 4.98 Å². The van der Waals surface area contributed by atoms with Crippen LogP contribution in [0.4, 0.5) is 8.78 Å². The van der Waals surface area contributed by atoms with Crippen LogP contribution in [0.1, 0.15) is 0 Å². The lowest BCUT2D eigenvalue weighted by molar-refractivity contribution is 0.126. The van der Waals surface area contributed by atoms with Crippen molar-refractivity contribution in [3.63, 3.8) is 0 Å². The molecule has 0 saturated heterocycles. The van der Waals surface area contributed by atoms with E-state index in [1.807, 2.05) is 0 Å². The summed E-state index contributed by atoms with van der Waals surface area (Å²) in [6.07, 6.45) is -2.63. The summed E-state index contributed by atoms with van der Waals surface area (Å²) in [5.41, 5.74) is 0.822. The predicted octanol–water partition coefficient (Wildman–Crippen LogP) is 1.43. The van der Waals surface area contributed by atoms with Crippen LogP contribution in [-0.2, 0) is 6.54 Å². The minimum absolute atomic E-state index is 0.102. The van der Waals surface area contributed by atoms with E-state index in [9.17, 15) is 18.7 Å². The summed E-state index contributed by atoms with van der Waals surface area (Å²) < 4.78 is 25.6. The maximum atomic E-state index is 12.2. The van der Waals surface area contributed by atoms with Crippen LogP contribution in [0.5, 0.6) is 5.75 Å². The number of hydrogen-bond donors (Lipinski definition) is 1. The Kier molecular flexibility index (Phi) is 2.39. The van der Waals surface area contributed by atoms with E-state index in [1.54, 1.807) is 0 Å². The maximum Gasteiger partial charge on any atom is 0.256 e. The third-order valence-electron chi connectivity index (χ3n) is 1.88. The number of halogens is 2. The molecule has 2 aromatic rings. The highest BCUT2D eigenvalue weighted by atomic mass is 32.1. The Balaban J connectivity index is 2.71. The number of rotatable bonds is 2. The van der Waals surface area contributed by atoms with Crippen LogP contribution in [-0.4, -0.2) is 21.1 Å². The molecule has 0 radical (unpaired) electrons. The second kappa shape index (κ2) is 3.58. The number of pyridine rings is 1. The average Bonchev–Trinajstić information content (AvgIpc) is 2.60. The van der Waals surface area contributed by atoms with Gasteiger partial charge in [-0.25, -0.2) is 13.8 Å². The van der Waals surface area contributed by atoms with Crippen molar-refractivity contribution in [1.29, 1.82) is 0 Å². The van der Waals surface area contributed by atoms with Gasteiger partial charge in [0.05, 0.1) is 12.1 Å². The second-order valence-corrected chi connectivity index (χ2v) is 3.73. The molecule has 0 saturated carbocycles. The molecule has 2 heterocycles. The molecule has 80 valence electrons. The monoisotopic (exact) mass is 232 g/mol. The molecule has 0 spiro atoms. The quantitative estimate of drug-likeness (QED) is 0.852. The van der Waals surface area contributed by atoms with Crippen molar-refractivity contribution < 1.29 is 13.9 Å². The van der Waals surface area contributed by atoms with Crippen LogP contribution >= 0.6 is 11.3 Å². The first kappa shape index (κ1) is 10.0. The molecule has 2 aromatic heterocycles. The molecule has 0 fully saturated rings. The number of nitrogens with zero attached hydrogens (tertiary/aromatic N) is 2. The minimum atomic E-state index is -2.63.